The molecule has 1 heterocycles. The minimum absolute atomic E-state index is 0.0121. The van der Waals surface area contributed by atoms with Gasteiger partial charge in [-0.15, -0.1) is 0 Å². The molecule has 0 spiro atoms. The number of halogens is 3. The van der Waals surface area contributed by atoms with Crippen molar-refractivity contribution in [1.82, 2.24) is 4.98 Å². The lowest BCUT2D eigenvalue weighted by Crippen LogP contribution is -2.08. The third-order valence-corrected chi connectivity index (χ3v) is 2.85. The number of carbonyl (C=O) groups excluding carboxylic acids is 1. The van der Waals surface area contributed by atoms with E-state index in [-0.39, 0.29) is 26.9 Å². The standard InChI is InChI=1S/C8H7F2IN2O/c9-8(10)6-4(1-12)2-13-5(3-14)7(6)11/h2-3,8H,1,12H2. The molecule has 0 aromatic carbocycles. The highest BCUT2D eigenvalue weighted by molar-refractivity contribution is 14.1. The Morgan fingerprint density at radius 1 is 1.64 bits per heavy atom. The maximum Gasteiger partial charge on any atom is 0.265 e. The van der Waals surface area contributed by atoms with E-state index in [9.17, 15) is 13.6 Å². The van der Waals surface area contributed by atoms with Crippen molar-refractivity contribution in [3.63, 3.8) is 0 Å². The van der Waals surface area contributed by atoms with Gasteiger partial charge in [0.25, 0.3) is 6.43 Å². The van der Waals surface area contributed by atoms with Gasteiger partial charge >= 0.3 is 0 Å². The van der Waals surface area contributed by atoms with Gasteiger partial charge in [-0.1, -0.05) is 0 Å². The molecule has 0 saturated carbocycles. The van der Waals surface area contributed by atoms with Crippen molar-refractivity contribution in [1.29, 1.82) is 0 Å². The molecule has 3 nitrogen and oxygen atoms in total. The van der Waals surface area contributed by atoms with Gasteiger partial charge in [0.2, 0.25) is 0 Å². The maximum atomic E-state index is 12.6. The first kappa shape index (κ1) is 11.4. The number of pyridine rings is 1. The van der Waals surface area contributed by atoms with Crippen molar-refractivity contribution in [2.45, 2.75) is 13.0 Å². The summed E-state index contributed by atoms with van der Waals surface area (Å²) in [6.45, 7) is -0.0121. The van der Waals surface area contributed by atoms with Gasteiger partial charge in [0.05, 0.1) is 3.57 Å². The van der Waals surface area contributed by atoms with E-state index in [0.29, 0.717) is 6.29 Å². The van der Waals surface area contributed by atoms with Crippen LogP contribution in [0.1, 0.15) is 28.0 Å². The van der Waals surface area contributed by atoms with Crippen LogP contribution in [0.4, 0.5) is 8.78 Å². The molecule has 1 aromatic rings. The van der Waals surface area contributed by atoms with Crippen molar-refractivity contribution in [3.8, 4) is 0 Å². The monoisotopic (exact) mass is 312 g/mol. The van der Waals surface area contributed by atoms with Gasteiger partial charge in [-0.3, -0.25) is 9.78 Å². The van der Waals surface area contributed by atoms with Gasteiger partial charge in [0, 0.05) is 18.3 Å². The number of hydrogen-bond acceptors (Lipinski definition) is 3. The molecule has 0 fully saturated rings. The van der Waals surface area contributed by atoms with Gasteiger partial charge in [0.1, 0.15) is 5.69 Å². The molecule has 76 valence electrons. The van der Waals surface area contributed by atoms with E-state index in [1.54, 1.807) is 22.6 Å². The number of nitrogens with zero attached hydrogens (tertiary/aromatic N) is 1. The molecule has 1 aromatic heterocycles. The second-order valence-corrected chi connectivity index (χ2v) is 3.60. The summed E-state index contributed by atoms with van der Waals surface area (Å²) in [6, 6.07) is 0. The van der Waals surface area contributed by atoms with Crippen molar-refractivity contribution in [2.24, 2.45) is 5.73 Å². The largest absolute Gasteiger partial charge is 0.326 e. The van der Waals surface area contributed by atoms with E-state index < -0.39 is 6.43 Å². The molecule has 14 heavy (non-hydrogen) atoms. The fourth-order valence-electron chi connectivity index (χ4n) is 1.03. The number of nitrogens with two attached hydrogens (primary N) is 1. The molecule has 0 amide bonds. The smallest absolute Gasteiger partial charge is 0.265 e. The van der Waals surface area contributed by atoms with Crippen LogP contribution in [0.2, 0.25) is 0 Å². The summed E-state index contributed by atoms with van der Waals surface area (Å²) in [5.74, 6) is 0. The summed E-state index contributed by atoms with van der Waals surface area (Å²) in [5.41, 5.74) is 5.39. The number of aldehydes is 1. The molecular formula is C8H7F2IN2O. The summed E-state index contributed by atoms with van der Waals surface area (Å²) >= 11 is 1.68. The fraction of sp³-hybridized carbons (Fsp3) is 0.250. The SMILES string of the molecule is NCc1cnc(C=O)c(I)c1C(F)F. The number of hydrogen-bond donors (Lipinski definition) is 1. The van der Waals surface area contributed by atoms with Crippen LogP contribution in [-0.4, -0.2) is 11.3 Å². The van der Waals surface area contributed by atoms with E-state index in [2.05, 4.69) is 4.98 Å². The molecule has 0 bridgehead atoms. The zero-order valence-electron chi connectivity index (χ0n) is 7.01. The minimum atomic E-state index is -2.64. The molecule has 0 radical (unpaired) electrons. The normalized spacial score (nSPS) is 10.6. The van der Waals surface area contributed by atoms with Gasteiger partial charge < -0.3 is 5.73 Å². The summed E-state index contributed by atoms with van der Waals surface area (Å²) < 4.78 is 25.4. The van der Waals surface area contributed by atoms with Gasteiger partial charge in [-0.25, -0.2) is 8.78 Å². The summed E-state index contributed by atoms with van der Waals surface area (Å²) in [6.07, 6.45) is -0.969. The van der Waals surface area contributed by atoms with E-state index >= 15 is 0 Å². The van der Waals surface area contributed by atoms with Crippen molar-refractivity contribution >= 4 is 28.9 Å². The van der Waals surface area contributed by atoms with Crippen LogP contribution >= 0.6 is 22.6 Å². The van der Waals surface area contributed by atoms with E-state index in [1.165, 1.54) is 6.20 Å². The predicted molar refractivity (Wildman–Crippen MR) is 55.2 cm³/mol. The van der Waals surface area contributed by atoms with Crippen LogP contribution in [0.25, 0.3) is 0 Å². The van der Waals surface area contributed by atoms with Crippen LogP contribution in [0, 0.1) is 3.57 Å². The molecule has 0 atom stereocenters. The maximum absolute atomic E-state index is 12.6. The van der Waals surface area contributed by atoms with Crippen molar-refractivity contribution in [3.05, 3.63) is 26.6 Å². The summed E-state index contributed by atoms with van der Waals surface area (Å²) in [7, 11) is 0. The number of aromatic nitrogens is 1. The van der Waals surface area contributed by atoms with Crippen LogP contribution < -0.4 is 5.73 Å². The van der Waals surface area contributed by atoms with Crippen LogP contribution in [0.15, 0.2) is 6.20 Å². The molecule has 0 aliphatic carbocycles. The van der Waals surface area contributed by atoms with Gasteiger partial charge in [-0.05, 0) is 28.2 Å². The lowest BCUT2D eigenvalue weighted by atomic mass is 10.1. The van der Waals surface area contributed by atoms with Crippen LogP contribution in [0.5, 0.6) is 0 Å². The van der Waals surface area contributed by atoms with E-state index in [4.69, 9.17) is 5.73 Å². The summed E-state index contributed by atoms with van der Waals surface area (Å²) in [5, 5.41) is 0. The average molecular weight is 312 g/mol. The molecular weight excluding hydrogens is 305 g/mol. The van der Waals surface area contributed by atoms with Crippen molar-refractivity contribution in [2.75, 3.05) is 0 Å². The Bertz CT molecular complexity index is 357. The zero-order chi connectivity index (χ0) is 10.7. The fourth-order valence-corrected chi connectivity index (χ4v) is 1.88. The van der Waals surface area contributed by atoms with Gasteiger partial charge in [0.15, 0.2) is 6.29 Å². The first-order valence-electron chi connectivity index (χ1n) is 3.72. The van der Waals surface area contributed by atoms with Gasteiger partial charge in [-0.2, -0.15) is 0 Å². The zero-order valence-corrected chi connectivity index (χ0v) is 9.16. The molecule has 0 aliphatic rings. The molecule has 0 saturated heterocycles. The minimum Gasteiger partial charge on any atom is -0.326 e. The molecule has 0 unspecified atom stereocenters. The Balaban J connectivity index is 3.38. The van der Waals surface area contributed by atoms with E-state index in [1.807, 2.05) is 0 Å². The summed E-state index contributed by atoms with van der Waals surface area (Å²) in [4.78, 5) is 14.2. The highest BCUT2D eigenvalue weighted by Gasteiger charge is 2.19. The Morgan fingerprint density at radius 3 is 2.71 bits per heavy atom. The topological polar surface area (TPSA) is 56.0 Å². The number of alkyl halides is 2. The second kappa shape index (κ2) is 4.74. The third-order valence-electron chi connectivity index (χ3n) is 1.72. The average Bonchev–Trinajstić information content (AvgIpc) is 2.16. The number of carbonyl (C=O) groups is 1. The Labute approximate surface area is 92.8 Å². The van der Waals surface area contributed by atoms with Crippen LogP contribution in [0.3, 0.4) is 0 Å². The Kier molecular flexibility index (Phi) is 3.87. The lowest BCUT2D eigenvalue weighted by Gasteiger charge is -2.09. The quantitative estimate of drug-likeness (QED) is 0.685. The molecule has 2 N–H and O–H groups in total. The first-order chi connectivity index (χ1) is 6.61. The highest BCUT2D eigenvalue weighted by Crippen LogP contribution is 2.28. The molecule has 0 aliphatic heterocycles. The van der Waals surface area contributed by atoms with E-state index in [0.717, 1.165) is 0 Å². The predicted octanol–water partition coefficient (Wildman–Crippen LogP) is 1.89. The van der Waals surface area contributed by atoms with Crippen molar-refractivity contribution < 1.29 is 13.6 Å². The third kappa shape index (κ3) is 2.06. The second-order valence-electron chi connectivity index (χ2n) is 2.52. The highest BCUT2D eigenvalue weighted by atomic mass is 127. The van der Waals surface area contributed by atoms with Crippen LogP contribution in [-0.2, 0) is 6.54 Å². The number of rotatable bonds is 3. The first-order valence-corrected chi connectivity index (χ1v) is 4.80. The Hall–Kier alpha value is -0.630. The Morgan fingerprint density at radius 2 is 2.29 bits per heavy atom. The lowest BCUT2D eigenvalue weighted by molar-refractivity contribution is 0.111. The molecule has 1 rings (SSSR count). The molecule has 6 heteroatoms.